The van der Waals surface area contributed by atoms with Crippen LogP contribution in [0.5, 0.6) is 0 Å². The fourth-order valence-corrected chi connectivity index (χ4v) is 5.09. The highest BCUT2D eigenvalue weighted by Gasteiger charge is 2.20. The Morgan fingerprint density at radius 1 is 0.769 bits per heavy atom. The molecular formula is C22H20O2S2. The quantitative estimate of drug-likeness (QED) is 0.491. The van der Waals surface area contributed by atoms with E-state index in [1.165, 1.54) is 11.8 Å². The zero-order chi connectivity index (χ0) is 18.2. The van der Waals surface area contributed by atoms with Crippen LogP contribution in [0.4, 0.5) is 0 Å². The summed E-state index contributed by atoms with van der Waals surface area (Å²) in [5, 5.41) is 1.78. The monoisotopic (exact) mass is 380 g/mol. The van der Waals surface area contributed by atoms with Gasteiger partial charge in [-0.3, -0.25) is 0 Å². The standard InChI is InChI=1S/C22H20O2S2/c23-26(24,21-14-8-3-9-15-21)22(17-16-19-10-4-1-5-11-19)18-25-20-12-6-2-7-13-20/h1-15,18H,16-17H2/b22-18+. The van der Waals surface area contributed by atoms with Gasteiger partial charge in [-0.2, -0.15) is 0 Å². The molecule has 0 spiro atoms. The van der Waals surface area contributed by atoms with Crippen LogP contribution in [-0.4, -0.2) is 8.42 Å². The van der Waals surface area contributed by atoms with Crippen LogP contribution in [0.15, 0.2) is 111 Å². The van der Waals surface area contributed by atoms with Crippen molar-refractivity contribution in [3.63, 3.8) is 0 Å². The summed E-state index contributed by atoms with van der Waals surface area (Å²) in [7, 11) is -3.50. The molecule has 0 unspecified atom stereocenters. The Hall–Kier alpha value is -2.30. The van der Waals surface area contributed by atoms with Gasteiger partial charge >= 0.3 is 0 Å². The van der Waals surface area contributed by atoms with Crippen molar-refractivity contribution < 1.29 is 8.42 Å². The van der Waals surface area contributed by atoms with Crippen LogP contribution in [0.2, 0.25) is 0 Å². The third kappa shape index (κ3) is 4.87. The molecule has 132 valence electrons. The van der Waals surface area contributed by atoms with Crippen molar-refractivity contribution in [2.24, 2.45) is 0 Å². The number of hydrogen-bond donors (Lipinski definition) is 0. The average molecular weight is 381 g/mol. The summed E-state index contributed by atoms with van der Waals surface area (Å²) >= 11 is 1.44. The minimum Gasteiger partial charge on any atom is -0.219 e. The molecule has 0 saturated heterocycles. The van der Waals surface area contributed by atoms with E-state index in [1.807, 2.05) is 66.7 Å². The van der Waals surface area contributed by atoms with Gasteiger partial charge in [-0.1, -0.05) is 78.5 Å². The minimum atomic E-state index is -3.50. The van der Waals surface area contributed by atoms with Crippen molar-refractivity contribution in [1.82, 2.24) is 0 Å². The second-order valence-corrected chi connectivity index (χ2v) is 8.76. The highest BCUT2D eigenvalue weighted by molar-refractivity contribution is 8.03. The first-order valence-electron chi connectivity index (χ1n) is 8.41. The molecule has 0 bridgehead atoms. The largest absolute Gasteiger partial charge is 0.219 e. The molecular weight excluding hydrogens is 360 g/mol. The molecule has 0 N–H and O–H groups in total. The number of aryl methyl sites for hydroxylation is 1. The maximum atomic E-state index is 13.1. The predicted octanol–water partition coefficient (Wildman–Crippen LogP) is 5.73. The van der Waals surface area contributed by atoms with Gasteiger partial charge in [-0.25, -0.2) is 8.42 Å². The maximum absolute atomic E-state index is 13.1. The summed E-state index contributed by atoms with van der Waals surface area (Å²) in [6.45, 7) is 0. The Bertz CT molecular complexity index is 949. The molecule has 3 rings (SSSR count). The molecule has 3 aromatic rings. The number of sulfone groups is 1. The first-order valence-corrected chi connectivity index (χ1v) is 10.8. The van der Waals surface area contributed by atoms with Gasteiger partial charge in [0.05, 0.1) is 9.80 Å². The Morgan fingerprint density at radius 2 is 1.31 bits per heavy atom. The fourth-order valence-electron chi connectivity index (χ4n) is 2.55. The first-order chi connectivity index (χ1) is 12.7. The average Bonchev–Trinajstić information content (AvgIpc) is 2.70. The number of allylic oxidation sites excluding steroid dienone is 1. The van der Waals surface area contributed by atoms with Crippen molar-refractivity contribution in [3.05, 3.63) is 107 Å². The number of rotatable bonds is 7. The Kier molecular flexibility index (Phi) is 6.31. The number of benzene rings is 3. The van der Waals surface area contributed by atoms with E-state index in [-0.39, 0.29) is 0 Å². The summed E-state index contributed by atoms with van der Waals surface area (Å²) in [5.41, 5.74) is 1.13. The van der Waals surface area contributed by atoms with Crippen molar-refractivity contribution >= 4 is 21.6 Å². The second kappa shape index (κ2) is 8.88. The number of thioether (sulfide) groups is 1. The molecule has 0 aromatic heterocycles. The van der Waals surface area contributed by atoms with Crippen LogP contribution in [0, 0.1) is 0 Å². The molecule has 0 amide bonds. The zero-order valence-electron chi connectivity index (χ0n) is 14.3. The van der Waals surface area contributed by atoms with E-state index < -0.39 is 9.84 Å². The topological polar surface area (TPSA) is 34.1 Å². The lowest BCUT2D eigenvalue weighted by atomic mass is 10.1. The van der Waals surface area contributed by atoms with Crippen molar-refractivity contribution in [3.8, 4) is 0 Å². The second-order valence-electron chi connectivity index (χ2n) is 5.82. The highest BCUT2D eigenvalue weighted by Crippen LogP contribution is 2.28. The van der Waals surface area contributed by atoms with E-state index in [0.717, 1.165) is 10.5 Å². The molecule has 0 atom stereocenters. The van der Waals surface area contributed by atoms with Crippen LogP contribution in [0.25, 0.3) is 0 Å². The van der Waals surface area contributed by atoms with Gasteiger partial charge in [0, 0.05) is 4.90 Å². The van der Waals surface area contributed by atoms with Crippen LogP contribution >= 0.6 is 11.8 Å². The lowest BCUT2D eigenvalue weighted by Gasteiger charge is -2.10. The molecule has 0 aliphatic heterocycles. The summed E-state index contributed by atoms with van der Waals surface area (Å²) in [6, 6.07) is 28.4. The maximum Gasteiger partial charge on any atom is 0.203 e. The molecule has 0 aliphatic rings. The van der Waals surface area contributed by atoms with Crippen molar-refractivity contribution in [2.45, 2.75) is 22.6 Å². The fraction of sp³-hybridized carbons (Fsp3) is 0.0909. The molecule has 2 nitrogen and oxygen atoms in total. The van der Waals surface area contributed by atoms with Gasteiger partial charge < -0.3 is 0 Å². The lowest BCUT2D eigenvalue weighted by Crippen LogP contribution is -2.06. The third-order valence-electron chi connectivity index (χ3n) is 3.97. The van der Waals surface area contributed by atoms with Gasteiger partial charge in [0.2, 0.25) is 9.84 Å². The van der Waals surface area contributed by atoms with E-state index in [9.17, 15) is 8.42 Å². The van der Waals surface area contributed by atoms with E-state index in [2.05, 4.69) is 0 Å². The molecule has 0 heterocycles. The lowest BCUT2D eigenvalue weighted by molar-refractivity contribution is 0.600. The predicted molar refractivity (Wildman–Crippen MR) is 109 cm³/mol. The van der Waals surface area contributed by atoms with Crippen molar-refractivity contribution in [1.29, 1.82) is 0 Å². The van der Waals surface area contributed by atoms with Crippen LogP contribution < -0.4 is 0 Å². The Morgan fingerprint density at radius 3 is 1.92 bits per heavy atom. The third-order valence-corrected chi connectivity index (χ3v) is 6.97. The van der Waals surface area contributed by atoms with Crippen LogP contribution in [-0.2, 0) is 16.3 Å². The molecule has 26 heavy (non-hydrogen) atoms. The summed E-state index contributed by atoms with van der Waals surface area (Å²) in [4.78, 5) is 1.81. The summed E-state index contributed by atoms with van der Waals surface area (Å²) < 4.78 is 26.2. The zero-order valence-corrected chi connectivity index (χ0v) is 15.9. The minimum absolute atomic E-state index is 0.341. The normalized spacial score (nSPS) is 12.1. The van der Waals surface area contributed by atoms with Gasteiger partial charge in [0.1, 0.15) is 0 Å². The summed E-state index contributed by atoms with van der Waals surface area (Å²) in [5.74, 6) is 0. The number of hydrogen-bond acceptors (Lipinski definition) is 3. The highest BCUT2D eigenvalue weighted by atomic mass is 32.2. The van der Waals surface area contributed by atoms with Gasteiger partial charge in [-0.05, 0) is 48.1 Å². The molecule has 0 fully saturated rings. The molecule has 0 radical (unpaired) electrons. The Labute approximate surface area is 159 Å². The molecule has 3 aromatic carbocycles. The SMILES string of the molecule is O=S(=O)(/C(=C/Sc1ccccc1)CCc1ccccc1)c1ccccc1. The first kappa shape index (κ1) is 18.5. The Balaban J connectivity index is 1.88. The van der Waals surface area contributed by atoms with Gasteiger partial charge in [0.25, 0.3) is 0 Å². The van der Waals surface area contributed by atoms with Crippen LogP contribution in [0.3, 0.4) is 0 Å². The van der Waals surface area contributed by atoms with E-state index in [1.54, 1.807) is 29.7 Å². The van der Waals surface area contributed by atoms with Gasteiger partial charge in [0.15, 0.2) is 0 Å². The molecule has 4 heteroatoms. The van der Waals surface area contributed by atoms with E-state index in [4.69, 9.17) is 0 Å². The molecule has 0 saturated carbocycles. The van der Waals surface area contributed by atoms with Crippen molar-refractivity contribution in [2.75, 3.05) is 0 Å². The van der Waals surface area contributed by atoms with E-state index in [0.29, 0.717) is 22.6 Å². The molecule has 0 aliphatic carbocycles. The smallest absolute Gasteiger partial charge is 0.203 e. The van der Waals surface area contributed by atoms with Gasteiger partial charge in [-0.15, -0.1) is 0 Å². The van der Waals surface area contributed by atoms with E-state index >= 15 is 0 Å². The van der Waals surface area contributed by atoms with Crippen LogP contribution in [0.1, 0.15) is 12.0 Å². The summed E-state index contributed by atoms with van der Waals surface area (Å²) in [6.07, 6.45) is 1.16.